The maximum absolute atomic E-state index is 10.4. The van der Waals surface area contributed by atoms with E-state index in [0.29, 0.717) is 19.0 Å². The number of carboxylic acids is 1. The summed E-state index contributed by atoms with van der Waals surface area (Å²) >= 11 is 0. The molecule has 1 aliphatic carbocycles. The molecule has 1 aliphatic rings. The molecule has 0 radical (unpaired) electrons. The molecule has 0 spiro atoms. The smallest absolute Gasteiger partial charge is 0.303 e. The molecule has 0 atom stereocenters. The number of aromatic nitrogens is 4. The Labute approximate surface area is 99.4 Å². The highest BCUT2D eigenvalue weighted by Gasteiger charge is 2.27. The van der Waals surface area contributed by atoms with E-state index in [1.54, 1.807) is 0 Å². The molecule has 0 aromatic carbocycles. The molecule has 0 unspecified atom stereocenters. The second-order valence-corrected chi connectivity index (χ2v) is 4.51. The zero-order valence-corrected chi connectivity index (χ0v) is 9.91. The molecule has 1 aromatic rings. The first kappa shape index (κ1) is 12.0. The molecule has 0 amide bonds. The highest BCUT2D eigenvalue weighted by Crippen LogP contribution is 2.34. The van der Waals surface area contributed by atoms with Crippen LogP contribution in [0.4, 0.5) is 0 Å². The van der Waals surface area contributed by atoms with Gasteiger partial charge in [0.2, 0.25) is 0 Å². The van der Waals surface area contributed by atoms with Gasteiger partial charge in [0.05, 0.1) is 12.6 Å². The Bertz CT molecular complexity index is 388. The van der Waals surface area contributed by atoms with Crippen LogP contribution in [0, 0.1) is 0 Å². The van der Waals surface area contributed by atoms with E-state index in [-0.39, 0.29) is 6.42 Å². The normalized spacial score (nSPS) is 15.4. The van der Waals surface area contributed by atoms with Crippen LogP contribution in [-0.4, -0.2) is 49.8 Å². The monoisotopic (exact) mass is 239 g/mol. The van der Waals surface area contributed by atoms with Crippen molar-refractivity contribution in [2.75, 3.05) is 13.6 Å². The predicted octanol–water partition coefficient (Wildman–Crippen LogP) is 0.305. The molecular formula is C10H17N5O2. The lowest BCUT2D eigenvalue weighted by Crippen LogP contribution is -2.22. The van der Waals surface area contributed by atoms with Gasteiger partial charge in [-0.1, -0.05) is 0 Å². The van der Waals surface area contributed by atoms with E-state index < -0.39 is 5.97 Å². The first-order valence-electron chi connectivity index (χ1n) is 5.84. The predicted molar refractivity (Wildman–Crippen MR) is 59.3 cm³/mol. The average Bonchev–Trinajstić information content (AvgIpc) is 3.00. The van der Waals surface area contributed by atoms with Gasteiger partial charge in [-0.05, 0) is 43.3 Å². The van der Waals surface area contributed by atoms with Gasteiger partial charge in [0, 0.05) is 6.42 Å². The van der Waals surface area contributed by atoms with Crippen LogP contribution in [0.1, 0.15) is 37.5 Å². The molecule has 2 rings (SSSR count). The number of hydrogen-bond donors (Lipinski definition) is 1. The Hall–Kier alpha value is -1.50. The Morgan fingerprint density at radius 3 is 3.00 bits per heavy atom. The lowest BCUT2D eigenvalue weighted by atomic mass is 10.3. The van der Waals surface area contributed by atoms with Crippen molar-refractivity contribution in [2.45, 2.75) is 38.3 Å². The van der Waals surface area contributed by atoms with Crippen LogP contribution in [0.5, 0.6) is 0 Å². The molecule has 1 aromatic heterocycles. The second kappa shape index (κ2) is 5.22. The van der Waals surface area contributed by atoms with E-state index in [9.17, 15) is 4.79 Å². The highest BCUT2D eigenvalue weighted by atomic mass is 16.4. The molecule has 7 heteroatoms. The maximum Gasteiger partial charge on any atom is 0.303 e. The lowest BCUT2D eigenvalue weighted by molar-refractivity contribution is -0.137. The van der Waals surface area contributed by atoms with Crippen molar-refractivity contribution in [1.29, 1.82) is 0 Å². The summed E-state index contributed by atoms with van der Waals surface area (Å²) in [6, 6.07) is 0.479. The number of nitrogens with zero attached hydrogens (tertiary/aromatic N) is 5. The number of tetrazole rings is 1. The van der Waals surface area contributed by atoms with Crippen LogP contribution < -0.4 is 0 Å². The Morgan fingerprint density at radius 2 is 2.35 bits per heavy atom. The van der Waals surface area contributed by atoms with Crippen molar-refractivity contribution >= 4 is 5.97 Å². The highest BCUT2D eigenvalue weighted by molar-refractivity contribution is 5.66. The number of carboxylic acid groups (broad SMARTS) is 1. The van der Waals surface area contributed by atoms with Gasteiger partial charge in [-0.25, -0.2) is 4.68 Å². The van der Waals surface area contributed by atoms with Gasteiger partial charge in [0.1, 0.15) is 0 Å². The van der Waals surface area contributed by atoms with E-state index in [1.807, 2.05) is 16.6 Å². The first-order chi connectivity index (χ1) is 8.16. The third kappa shape index (κ3) is 3.48. The van der Waals surface area contributed by atoms with E-state index in [4.69, 9.17) is 5.11 Å². The minimum Gasteiger partial charge on any atom is -0.481 e. The minimum atomic E-state index is -0.749. The summed E-state index contributed by atoms with van der Waals surface area (Å²) in [4.78, 5) is 12.4. The van der Waals surface area contributed by atoms with Crippen molar-refractivity contribution in [3.63, 3.8) is 0 Å². The summed E-state index contributed by atoms with van der Waals surface area (Å²) in [7, 11) is 1.95. The fourth-order valence-corrected chi connectivity index (χ4v) is 1.74. The number of aliphatic carboxylic acids is 1. The van der Waals surface area contributed by atoms with Crippen molar-refractivity contribution < 1.29 is 9.90 Å². The number of hydrogen-bond acceptors (Lipinski definition) is 5. The third-order valence-electron chi connectivity index (χ3n) is 2.80. The molecule has 17 heavy (non-hydrogen) atoms. The SMILES string of the molecule is CN(CCCC(=O)O)Cc1nnnn1C1CC1. The van der Waals surface area contributed by atoms with Crippen LogP contribution in [0.3, 0.4) is 0 Å². The van der Waals surface area contributed by atoms with Gasteiger partial charge < -0.3 is 5.11 Å². The minimum absolute atomic E-state index is 0.206. The Morgan fingerprint density at radius 1 is 1.59 bits per heavy atom. The van der Waals surface area contributed by atoms with E-state index >= 15 is 0 Å². The fourth-order valence-electron chi connectivity index (χ4n) is 1.74. The number of rotatable bonds is 7. The van der Waals surface area contributed by atoms with Crippen molar-refractivity contribution in [3.8, 4) is 0 Å². The molecule has 0 aliphatic heterocycles. The Kier molecular flexibility index (Phi) is 3.68. The van der Waals surface area contributed by atoms with Gasteiger partial charge in [0.25, 0.3) is 0 Å². The first-order valence-corrected chi connectivity index (χ1v) is 5.84. The summed E-state index contributed by atoms with van der Waals surface area (Å²) in [5.41, 5.74) is 0. The zero-order chi connectivity index (χ0) is 12.3. The molecule has 0 saturated heterocycles. The summed E-state index contributed by atoms with van der Waals surface area (Å²) in [6.07, 6.45) is 3.16. The maximum atomic E-state index is 10.4. The average molecular weight is 239 g/mol. The van der Waals surface area contributed by atoms with Crippen molar-refractivity contribution in [1.82, 2.24) is 25.1 Å². The number of carbonyl (C=O) groups is 1. The molecule has 0 bridgehead atoms. The van der Waals surface area contributed by atoms with Crippen LogP contribution in [0.25, 0.3) is 0 Å². The van der Waals surface area contributed by atoms with Crippen LogP contribution in [0.2, 0.25) is 0 Å². The van der Waals surface area contributed by atoms with Crippen LogP contribution in [-0.2, 0) is 11.3 Å². The second-order valence-electron chi connectivity index (χ2n) is 4.51. The van der Waals surface area contributed by atoms with E-state index in [1.165, 1.54) is 0 Å². The molecule has 1 heterocycles. The molecule has 1 N–H and O–H groups in total. The van der Waals surface area contributed by atoms with E-state index in [2.05, 4.69) is 15.5 Å². The zero-order valence-electron chi connectivity index (χ0n) is 9.91. The molecule has 7 nitrogen and oxygen atoms in total. The molecule has 1 saturated carbocycles. The largest absolute Gasteiger partial charge is 0.481 e. The van der Waals surface area contributed by atoms with Crippen LogP contribution in [0.15, 0.2) is 0 Å². The summed E-state index contributed by atoms with van der Waals surface area (Å²) < 4.78 is 1.88. The molecule has 94 valence electrons. The summed E-state index contributed by atoms with van der Waals surface area (Å²) in [6.45, 7) is 1.41. The van der Waals surface area contributed by atoms with Gasteiger partial charge in [-0.15, -0.1) is 5.10 Å². The van der Waals surface area contributed by atoms with Crippen molar-refractivity contribution in [2.24, 2.45) is 0 Å². The lowest BCUT2D eigenvalue weighted by Gasteiger charge is -2.15. The summed E-state index contributed by atoms with van der Waals surface area (Å²) in [5.74, 6) is 0.117. The fraction of sp³-hybridized carbons (Fsp3) is 0.800. The van der Waals surface area contributed by atoms with Gasteiger partial charge in [0.15, 0.2) is 5.82 Å². The molecular weight excluding hydrogens is 222 g/mol. The topological polar surface area (TPSA) is 84.1 Å². The van der Waals surface area contributed by atoms with Crippen molar-refractivity contribution in [3.05, 3.63) is 5.82 Å². The van der Waals surface area contributed by atoms with Gasteiger partial charge in [-0.2, -0.15) is 0 Å². The van der Waals surface area contributed by atoms with Crippen LogP contribution >= 0.6 is 0 Å². The summed E-state index contributed by atoms with van der Waals surface area (Å²) in [5, 5.41) is 20.2. The van der Waals surface area contributed by atoms with Gasteiger partial charge in [-0.3, -0.25) is 9.69 Å². The molecule has 1 fully saturated rings. The standard InChI is InChI=1S/C10H17N5O2/c1-14(6-2-3-10(16)17)7-9-11-12-13-15(9)8-4-5-8/h8H,2-7H2,1H3,(H,16,17). The third-order valence-corrected chi connectivity index (χ3v) is 2.80. The Balaban J connectivity index is 1.78. The quantitative estimate of drug-likeness (QED) is 0.737. The van der Waals surface area contributed by atoms with Gasteiger partial charge >= 0.3 is 5.97 Å². The van der Waals surface area contributed by atoms with E-state index in [0.717, 1.165) is 25.2 Å².